The van der Waals surface area contributed by atoms with Crippen molar-refractivity contribution in [1.82, 2.24) is 9.47 Å². The molecule has 0 spiro atoms. The van der Waals surface area contributed by atoms with Crippen LogP contribution in [0.1, 0.15) is 43.3 Å². The molecule has 4 nitrogen and oxygen atoms in total. The summed E-state index contributed by atoms with van der Waals surface area (Å²) in [6.07, 6.45) is 4.75. The number of fused-ring (bicyclic) bond motifs is 3. The molecule has 3 heterocycles. The van der Waals surface area contributed by atoms with E-state index in [0.717, 1.165) is 36.8 Å². The number of hydrogen-bond acceptors (Lipinski definition) is 3. The van der Waals surface area contributed by atoms with Gasteiger partial charge in [0.05, 0.1) is 11.6 Å². The number of carbonyl (C=O) groups is 1. The first kappa shape index (κ1) is 15.6. The van der Waals surface area contributed by atoms with E-state index < -0.39 is 6.23 Å². The number of allylic oxidation sites excluding steroid dienone is 2. The lowest BCUT2D eigenvalue weighted by Crippen LogP contribution is -2.33. The van der Waals surface area contributed by atoms with Crippen molar-refractivity contribution in [2.75, 3.05) is 13.6 Å². The molecule has 1 aromatic heterocycles. The highest BCUT2D eigenvalue weighted by Gasteiger charge is 2.38. The maximum atomic E-state index is 11.5. The predicted octanol–water partition coefficient (Wildman–Crippen LogP) is 3.22. The van der Waals surface area contributed by atoms with Gasteiger partial charge in [-0.25, -0.2) is 0 Å². The fourth-order valence-electron chi connectivity index (χ4n) is 4.64. The quantitative estimate of drug-likeness (QED) is 0.681. The van der Waals surface area contributed by atoms with Crippen LogP contribution in [0.15, 0.2) is 35.9 Å². The van der Waals surface area contributed by atoms with Gasteiger partial charge >= 0.3 is 0 Å². The van der Waals surface area contributed by atoms with Crippen molar-refractivity contribution in [3.05, 3.63) is 47.2 Å². The van der Waals surface area contributed by atoms with Gasteiger partial charge in [0.15, 0.2) is 0 Å². The van der Waals surface area contributed by atoms with E-state index in [1.165, 1.54) is 16.6 Å². The summed E-state index contributed by atoms with van der Waals surface area (Å²) in [6, 6.07) is 8.63. The highest BCUT2D eigenvalue weighted by Crippen LogP contribution is 2.46. The summed E-state index contributed by atoms with van der Waals surface area (Å²) in [5, 5.41) is 12.3. The van der Waals surface area contributed by atoms with Crippen LogP contribution < -0.4 is 0 Å². The minimum absolute atomic E-state index is 0.0968. The third-order valence-corrected chi connectivity index (χ3v) is 5.86. The monoisotopic (exact) mass is 324 g/mol. The lowest BCUT2D eigenvalue weighted by atomic mass is 9.86. The Kier molecular flexibility index (Phi) is 3.82. The zero-order valence-electron chi connectivity index (χ0n) is 14.3. The van der Waals surface area contributed by atoms with Gasteiger partial charge in [0, 0.05) is 17.6 Å². The number of hydrogen-bond donors (Lipinski definition) is 1. The van der Waals surface area contributed by atoms with Crippen molar-refractivity contribution in [3.8, 4) is 0 Å². The third kappa shape index (κ3) is 2.17. The summed E-state index contributed by atoms with van der Waals surface area (Å²) in [6.45, 7) is 2.92. The van der Waals surface area contributed by atoms with E-state index in [4.69, 9.17) is 0 Å². The van der Waals surface area contributed by atoms with Gasteiger partial charge in [-0.15, -0.1) is 0 Å². The van der Waals surface area contributed by atoms with Crippen molar-refractivity contribution >= 4 is 17.2 Å². The summed E-state index contributed by atoms with van der Waals surface area (Å²) >= 11 is 0. The van der Waals surface area contributed by atoms with Crippen LogP contribution in [0, 0.1) is 5.92 Å². The number of likely N-dealkylation sites (N-methyl/N-ethyl adjacent to an activating group) is 1. The first-order chi connectivity index (χ1) is 11.7. The molecular formula is C20H24N2O2. The Bertz CT molecular complexity index is 820. The van der Waals surface area contributed by atoms with Crippen LogP contribution in [0.2, 0.25) is 0 Å². The normalized spacial score (nSPS) is 27.8. The van der Waals surface area contributed by atoms with Gasteiger partial charge in [-0.1, -0.05) is 24.3 Å². The minimum Gasteiger partial charge on any atom is -0.373 e. The number of carbonyl (C=O) groups excluding carboxylic acids is 1. The van der Waals surface area contributed by atoms with Crippen LogP contribution in [0.25, 0.3) is 10.9 Å². The van der Waals surface area contributed by atoms with E-state index in [0.29, 0.717) is 6.42 Å². The lowest BCUT2D eigenvalue weighted by Gasteiger charge is -2.34. The molecule has 0 amide bonds. The highest BCUT2D eigenvalue weighted by atomic mass is 16.3. The fourth-order valence-corrected chi connectivity index (χ4v) is 4.64. The van der Waals surface area contributed by atoms with Crippen molar-refractivity contribution in [3.63, 3.8) is 0 Å². The maximum absolute atomic E-state index is 11.5. The number of nitrogens with zero attached hydrogens (tertiary/aromatic N) is 2. The smallest absolute Gasteiger partial charge is 0.145 e. The average Bonchev–Trinajstić information content (AvgIpc) is 2.84. The molecule has 4 heteroatoms. The first-order valence-corrected chi connectivity index (χ1v) is 8.77. The standard InChI is InChI=1S/C20H24N2O2/c1-3-13(12-23)14-10-18-20-16(8-9-21(18)2)15-6-4-5-7-17(15)22(20)19(24)11-14/h3-7,12,14,18-19,24H,8-11H2,1-2H3/t14-,18+,19+/m1/s1. The zero-order chi connectivity index (χ0) is 16.8. The average molecular weight is 324 g/mol. The first-order valence-electron chi connectivity index (χ1n) is 8.77. The second kappa shape index (κ2) is 5.87. The van der Waals surface area contributed by atoms with E-state index >= 15 is 0 Å². The number of aldehydes is 1. The largest absolute Gasteiger partial charge is 0.373 e. The molecule has 24 heavy (non-hydrogen) atoms. The van der Waals surface area contributed by atoms with Gasteiger partial charge in [-0.2, -0.15) is 0 Å². The Morgan fingerprint density at radius 2 is 2.08 bits per heavy atom. The molecule has 2 aliphatic rings. The molecule has 0 unspecified atom stereocenters. The number of aliphatic hydroxyl groups excluding tert-OH is 1. The third-order valence-electron chi connectivity index (χ3n) is 5.86. The summed E-state index contributed by atoms with van der Waals surface area (Å²) in [7, 11) is 2.15. The number of benzene rings is 1. The van der Waals surface area contributed by atoms with Crippen LogP contribution >= 0.6 is 0 Å². The fraction of sp³-hybridized carbons (Fsp3) is 0.450. The van der Waals surface area contributed by atoms with Crippen LogP contribution in [0.5, 0.6) is 0 Å². The maximum Gasteiger partial charge on any atom is 0.145 e. The van der Waals surface area contributed by atoms with Crippen LogP contribution in [0.4, 0.5) is 0 Å². The molecule has 0 aliphatic carbocycles. The second-order valence-electron chi connectivity index (χ2n) is 7.05. The van der Waals surface area contributed by atoms with Crippen molar-refractivity contribution < 1.29 is 9.90 Å². The summed E-state index contributed by atoms with van der Waals surface area (Å²) in [5.74, 6) is 0.0968. The van der Waals surface area contributed by atoms with E-state index in [1.807, 2.05) is 19.1 Å². The van der Waals surface area contributed by atoms with Crippen molar-refractivity contribution in [2.24, 2.45) is 5.92 Å². The number of aliphatic hydroxyl groups is 1. The Morgan fingerprint density at radius 3 is 2.83 bits per heavy atom. The highest BCUT2D eigenvalue weighted by molar-refractivity contribution is 5.86. The van der Waals surface area contributed by atoms with E-state index in [9.17, 15) is 9.90 Å². The van der Waals surface area contributed by atoms with Gasteiger partial charge in [0.1, 0.15) is 12.5 Å². The van der Waals surface area contributed by atoms with E-state index in [2.05, 4.69) is 34.7 Å². The predicted molar refractivity (Wildman–Crippen MR) is 94.8 cm³/mol. The minimum atomic E-state index is -0.588. The molecule has 0 saturated carbocycles. The van der Waals surface area contributed by atoms with Gasteiger partial charge in [-0.05, 0) is 56.4 Å². The molecule has 2 aliphatic heterocycles. The van der Waals surface area contributed by atoms with Crippen LogP contribution in [-0.2, 0) is 11.2 Å². The van der Waals surface area contributed by atoms with E-state index in [-0.39, 0.29) is 12.0 Å². The molecule has 2 aromatic rings. The van der Waals surface area contributed by atoms with Crippen molar-refractivity contribution in [1.29, 1.82) is 0 Å². The molecule has 3 atom stereocenters. The van der Waals surface area contributed by atoms with Gasteiger partial charge in [0.25, 0.3) is 0 Å². The lowest BCUT2D eigenvalue weighted by molar-refractivity contribution is -0.105. The molecule has 0 saturated heterocycles. The Morgan fingerprint density at radius 1 is 1.29 bits per heavy atom. The topological polar surface area (TPSA) is 45.5 Å². The number of para-hydroxylation sites is 1. The summed E-state index contributed by atoms with van der Waals surface area (Å²) in [4.78, 5) is 13.8. The SMILES string of the molecule is CC=C(C=O)[C@@H]1C[C@H]2c3c(c4ccccc4n3[C@@H](O)C1)CCN2C. The van der Waals surface area contributed by atoms with Gasteiger partial charge < -0.3 is 9.67 Å². The van der Waals surface area contributed by atoms with Crippen LogP contribution in [0.3, 0.4) is 0 Å². The molecule has 126 valence electrons. The van der Waals surface area contributed by atoms with Crippen LogP contribution in [-0.4, -0.2) is 34.5 Å². The Balaban J connectivity index is 1.93. The summed E-state index contributed by atoms with van der Waals surface area (Å²) < 4.78 is 2.13. The van der Waals surface area contributed by atoms with E-state index in [1.54, 1.807) is 0 Å². The Hall–Kier alpha value is -1.91. The molecule has 1 N–H and O–H groups in total. The second-order valence-corrected chi connectivity index (χ2v) is 7.05. The van der Waals surface area contributed by atoms with Crippen molar-refractivity contribution in [2.45, 2.75) is 38.5 Å². The summed E-state index contributed by atoms with van der Waals surface area (Å²) in [5.41, 5.74) is 4.55. The molecule has 1 aromatic carbocycles. The molecule has 0 bridgehead atoms. The van der Waals surface area contributed by atoms with Gasteiger partial charge in [0.2, 0.25) is 0 Å². The Labute approximate surface area is 142 Å². The zero-order valence-corrected chi connectivity index (χ0v) is 14.3. The van der Waals surface area contributed by atoms with Gasteiger partial charge in [-0.3, -0.25) is 9.69 Å². The molecule has 0 fully saturated rings. The number of aromatic nitrogens is 1. The molecule has 0 radical (unpaired) electrons. The molecule has 4 rings (SSSR count). The number of rotatable bonds is 2. The molecular weight excluding hydrogens is 300 g/mol.